The van der Waals surface area contributed by atoms with Crippen molar-refractivity contribution in [2.75, 3.05) is 13.1 Å². The molecule has 2 unspecified atom stereocenters. The molecule has 4 heteroatoms. The molecular formula is C18H26F3N. The van der Waals surface area contributed by atoms with Gasteiger partial charge in [0.1, 0.15) is 0 Å². The molecule has 1 aromatic rings. The van der Waals surface area contributed by atoms with Crippen molar-refractivity contribution in [2.45, 2.75) is 52.8 Å². The van der Waals surface area contributed by atoms with Crippen molar-refractivity contribution < 1.29 is 13.2 Å². The summed E-state index contributed by atoms with van der Waals surface area (Å²) in [6, 6.07) is 4.51. The van der Waals surface area contributed by atoms with Crippen LogP contribution in [-0.2, 0) is 19.1 Å². The van der Waals surface area contributed by atoms with Gasteiger partial charge in [-0.2, -0.15) is 13.2 Å². The quantitative estimate of drug-likeness (QED) is 0.728. The van der Waals surface area contributed by atoms with Gasteiger partial charge in [0.15, 0.2) is 0 Å². The fraction of sp³-hybridized carbons (Fsp3) is 0.667. The molecule has 2 atom stereocenters. The van der Waals surface area contributed by atoms with E-state index >= 15 is 0 Å². The molecule has 1 nitrogen and oxygen atoms in total. The zero-order valence-electron chi connectivity index (χ0n) is 13.7. The second-order valence-electron chi connectivity index (χ2n) is 6.56. The van der Waals surface area contributed by atoms with E-state index in [0.717, 1.165) is 30.6 Å². The molecule has 2 rings (SSSR count). The minimum atomic E-state index is -4.26. The SMILES string of the molecule is CCc1cc(CN2CCC(C(C)CC)C2)cc(C(F)(F)F)c1. The predicted octanol–water partition coefficient (Wildman–Crippen LogP) is 5.14. The highest BCUT2D eigenvalue weighted by Crippen LogP contribution is 2.32. The molecule has 124 valence electrons. The highest BCUT2D eigenvalue weighted by molar-refractivity contribution is 5.32. The lowest BCUT2D eigenvalue weighted by atomic mass is 9.91. The second kappa shape index (κ2) is 7.03. The molecule has 1 fully saturated rings. The van der Waals surface area contributed by atoms with Crippen LogP contribution in [0.5, 0.6) is 0 Å². The van der Waals surface area contributed by atoms with E-state index < -0.39 is 11.7 Å². The number of hydrogen-bond donors (Lipinski definition) is 0. The lowest BCUT2D eigenvalue weighted by molar-refractivity contribution is -0.137. The second-order valence-corrected chi connectivity index (χ2v) is 6.56. The summed E-state index contributed by atoms with van der Waals surface area (Å²) in [5.41, 5.74) is 1.04. The van der Waals surface area contributed by atoms with Crippen LogP contribution in [0.4, 0.5) is 13.2 Å². The number of halogens is 3. The fourth-order valence-electron chi connectivity index (χ4n) is 3.28. The molecule has 0 radical (unpaired) electrons. The third kappa shape index (κ3) is 4.25. The van der Waals surface area contributed by atoms with Crippen LogP contribution in [0.15, 0.2) is 18.2 Å². The van der Waals surface area contributed by atoms with Crippen molar-refractivity contribution in [1.29, 1.82) is 0 Å². The Bertz CT molecular complexity index is 496. The molecule has 1 aromatic carbocycles. The summed E-state index contributed by atoms with van der Waals surface area (Å²) in [6.07, 6.45) is -1.30. The Kier molecular flexibility index (Phi) is 5.54. The summed E-state index contributed by atoms with van der Waals surface area (Å²) in [7, 11) is 0. The molecule has 0 N–H and O–H groups in total. The highest BCUT2D eigenvalue weighted by Gasteiger charge is 2.31. The molecule has 0 aliphatic carbocycles. The van der Waals surface area contributed by atoms with E-state index in [1.807, 2.05) is 13.0 Å². The van der Waals surface area contributed by atoms with Gasteiger partial charge in [0, 0.05) is 13.1 Å². The van der Waals surface area contributed by atoms with Crippen molar-refractivity contribution in [3.05, 3.63) is 34.9 Å². The number of hydrogen-bond acceptors (Lipinski definition) is 1. The number of alkyl halides is 3. The minimum Gasteiger partial charge on any atom is -0.299 e. The average Bonchev–Trinajstić information content (AvgIpc) is 2.93. The average molecular weight is 313 g/mol. The first-order valence-corrected chi connectivity index (χ1v) is 8.25. The first-order valence-electron chi connectivity index (χ1n) is 8.25. The van der Waals surface area contributed by atoms with E-state index in [-0.39, 0.29) is 0 Å². The molecule has 0 amide bonds. The first kappa shape index (κ1) is 17.3. The smallest absolute Gasteiger partial charge is 0.299 e. The topological polar surface area (TPSA) is 3.24 Å². The van der Waals surface area contributed by atoms with Gasteiger partial charge in [-0.25, -0.2) is 0 Å². The minimum absolute atomic E-state index is 0.514. The van der Waals surface area contributed by atoms with Crippen LogP contribution in [0.2, 0.25) is 0 Å². The largest absolute Gasteiger partial charge is 0.416 e. The molecule has 1 aliphatic heterocycles. The van der Waals surface area contributed by atoms with Crippen LogP contribution in [-0.4, -0.2) is 18.0 Å². The fourth-order valence-corrected chi connectivity index (χ4v) is 3.28. The number of aryl methyl sites for hydroxylation is 1. The van der Waals surface area contributed by atoms with Gasteiger partial charge in [-0.1, -0.05) is 33.3 Å². The maximum Gasteiger partial charge on any atom is 0.416 e. The van der Waals surface area contributed by atoms with Crippen molar-refractivity contribution in [3.8, 4) is 0 Å². The Hall–Kier alpha value is -1.03. The summed E-state index contributed by atoms with van der Waals surface area (Å²) < 4.78 is 39.0. The van der Waals surface area contributed by atoms with Crippen molar-refractivity contribution >= 4 is 0 Å². The van der Waals surface area contributed by atoms with Gasteiger partial charge in [-0.05, 0) is 54.5 Å². The van der Waals surface area contributed by atoms with Gasteiger partial charge >= 0.3 is 6.18 Å². The van der Waals surface area contributed by atoms with Crippen LogP contribution in [0.3, 0.4) is 0 Å². The molecule has 1 heterocycles. The molecule has 22 heavy (non-hydrogen) atoms. The maximum atomic E-state index is 13.0. The van der Waals surface area contributed by atoms with E-state index in [2.05, 4.69) is 18.7 Å². The van der Waals surface area contributed by atoms with Crippen molar-refractivity contribution in [2.24, 2.45) is 11.8 Å². The zero-order valence-corrected chi connectivity index (χ0v) is 13.7. The molecule has 1 aliphatic rings. The zero-order chi connectivity index (χ0) is 16.3. The van der Waals surface area contributed by atoms with E-state index in [4.69, 9.17) is 0 Å². The molecule has 0 spiro atoms. The van der Waals surface area contributed by atoms with Gasteiger partial charge < -0.3 is 0 Å². The van der Waals surface area contributed by atoms with Gasteiger partial charge in [0.05, 0.1) is 5.56 Å². The predicted molar refractivity (Wildman–Crippen MR) is 83.7 cm³/mol. The van der Waals surface area contributed by atoms with E-state index in [1.165, 1.54) is 18.6 Å². The number of likely N-dealkylation sites (tertiary alicyclic amines) is 1. The molecular weight excluding hydrogens is 287 g/mol. The van der Waals surface area contributed by atoms with E-state index in [1.54, 1.807) is 0 Å². The Morgan fingerprint density at radius 2 is 1.86 bits per heavy atom. The Labute approximate surface area is 131 Å². The van der Waals surface area contributed by atoms with Crippen LogP contribution in [0.1, 0.15) is 50.3 Å². The molecule has 1 saturated heterocycles. The van der Waals surface area contributed by atoms with Crippen LogP contribution in [0, 0.1) is 11.8 Å². The normalized spacial score (nSPS) is 21.3. The summed E-state index contributed by atoms with van der Waals surface area (Å²) in [6.45, 7) is 9.00. The number of benzene rings is 1. The summed E-state index contributed by atoms with van der Waals surface area (Å²) in [4.78, 5) is 2.30. The molecule has 0 saturated carbocycles. The Morgan fingerprint density at radius 1 is 1.18 bits per heavy atom. The summed E-state index contributed by atoms with van der Waals surface area (Å²) in [5, 5.41) is 0. The molecule has 0 aromatic heterocycles. The first-order chi connectivity index (χ1) is 10.3. The number of nitrogens with zero attached hydrogens (tertiary/aromatic N) is 1. The lowest BCUT2D eigenvalue weighted by Crippen LogP contribution is -2.22. The lowest BCUT2D eigenvalue weighted by Gasteiger charge is -2.20. The monoisotopic (exact) mass is 313 g/mol. The standard InChI is InChI=1S/C18H26F3N/c1-4-13(3)16-6-7-22(12-16)11-15-8-14(5-2)9-17(10-15)18(19,20)21/h8-10,13,16H,4-7,11-12H2,1-3H3. The summed E-state index contributed by atoms with van der Waals surface area (Å²) >= 11 is 0. The van der Waals surface area contributed by atoms with Crippen LogP contribution in [0.25, 0.3) is 0 Å². The van der Waals surface area contributed by atoms with Gasteiger partial charge in [-0.15, -0.1) is 0 Å². The Balaban J connectivity index is 2.10. The molecule has 0 bridgehead atoms. The highest BCUT2D eigenvalue weighted by atomic mass is 19.4. The van der Waals surface area contributed by atoms with E-state index in [0.29, 0.717) is 24.8 Å². The van der Waals surface area contributed by atoms with E-state index in [9.17, 15) is 13.2 Å². The summed E-state index contributed by atoms with van der Waals surface area (Å²) in [5.74, 6) is 1.37. The third-order valence-corrected chi connectivity index (χ3v) is 4.95. The third-order valence-electron chi connectivity index (χ3n) is 4.95. The van der Waals surface area contributed by atoms with Crippen LogP contribution < -0.4 is 0 Å². The maximum absolute atomic E-state index is 13.0. The van der Waals surface area contributed by atoms with Gasteiger partial charge in [0.25, 0.3) is 0 Å². The number of rotatable bonds is 5. The van der Waals surface area contributed by atoms with Crippen LogP contribution >= 0.6 is 0 Å². The Morgan fingerprint density at radius 3 is 2.45 bits per heavy atom. The van der Waals surface area contributed by atoms with Gasteiger partial charge in [0.2, 0.25) is 0 Å². The van der Waals surface area contributed by atoms with Crippen molar-refractivity contribution in [3.63, 3.8) is 0 Å². The van der Waals surface area contributed by atoms with Crippen molar-refractivity contribution in [1.82, 2.24) is 4.90 Å². The van der Waals surface area contributed by atoms with Gasteiger partial charge in [-0.3, -0.25) is 4.90 Å².